The third kappa shape index (κ3) is 4.14. The maximum absolute atomic E-state index is 12.8. The number of carbonyl (C=O) groups is 2. The van der Waals surface area contributed by atoms with Crippen LogP contribution in [-0.4, -0.2) is 40.1 Å². The third-order valence-electron chi connectivity index (χ3n) is 6.60. The molecule has 2 aliphatic rings. The van der Waals surface area contributed by atoms with Gasteiger partial charge < -0.3 is 9.64 Å². The maximum atomic E-state index is 12.8. The Kier molecular flexibility index (Phi) is 6.01. The van der Waals surface area contributed by atoms with Crippen LogP contribution in [0.2, 0.25) is 0 Å². The minimum atomic E-state index is -0.394. The summed E-state index contributed by atoms with van der Waals surface area (Å²) in [7, 11) is 1.76. The first kappa shape index (κ1) is 22.1. The van der Waals surface area contributed by atoms with E-state index in [0.717, 1.165) is 17.9 Å². The van der Waals surface area contributed by atoms with Crippen LogP contribution in [0.25, 0.3) is 0 Å². The van der Waals surface area contributed by atoms with Crippen LogP contribution in [0.5, 0.6) is 5.75 Å². The van der Waals surface area contributed by atoms with Crippen molar-refractivity contribution in [3.05, 3.63) is 84.0 Å². The number of para-hydroxylation sites is 2. The van der Waals surface area contributed by atoms with Crippen LogP contribution in [0.4, 0.5) is 5.69 Å². The number of carbonyl (C=O) groups excluding carboxylic acids is 2. The first-order chi connectivity index (χ1) is 16.5. The van der Waals surface area contributed by atoms with E-state index in [2.05, 4.69) is 29.1 Å². The highest BCUT2D eigenvalue weighted by atomic mass is 16.5. The summed E-state index contributed by atoms with van der Waals surface area (Å²) in [6, 6.07) is 17.8. The highest BCUT2D eigenvalue weighted by molar-refractivity contribution is 5.97. The van der Waals surface area contributed by atoms with E-state index in [1.165, 1.54) is 5.56 Å². The number of hydrogen-bond donors (Lipinski definition) is 0. The van der Waals surface area contributed by atoms with Gasteiger partial charge in [0.15, 0.2) is 0 Å². The summed E-state index contributed by atoms with van der Waals surface area (Å²) in [4.78, 5) is 31.8. The Morgan fingerprint density at radius 2 is 1.91 bits per heavy atom. The van der Waals surface area contributed by atoms with Gasteiger partial charge in [0.2, 0.25) is 17.5 Å². The number of fused-ring (bicyclic) bond motifs is 2. The van der Waals surface area contributed by atoms with Gasteiger partial charge in [0.25, 0.3) is 0 Å². The maximum Gasteiger partial charge on any atom is 0.237 e. The van der Waals surface area contributed by atoms with Gasteiger partial charge in [-0.1, -0.05) is 61.5 Å². The lowest BCUT2D eigenvalue weighted by Gasteiger charge is -2.17. The van der Waals surface area contributed by atoms with Crippen LogP contribution in [0, 0.1) is 5.92 Å². The molecule has 2 aliphatic heterocycles. The Bertz CT molecular complexity index is 1230. The first-order valence-electron chi connectivity index (χ1n) is 11.7. The van der Waals surface area contributed by atoms with Crippen LogP contribution in [-0.2, 0) is 4.79 Å². The normalized spacial score (nSPS) is 21.8. The molecule has 1 amide bonds. The SMILES string of the molecule is C[C@H]1C[C@H](c2ccccc2)n2nc(C(=O)CC/C=C/[C@H]3COc4ccccc4N(C)C3=O)nc21. The molecule has 2 aromatic carbocycles. The van der Waals surface area contributed by atoms with Crippen molar-refractivity contribution < 1.29 is 14.3 Å². The number of aromatic nitrogens is 3. The van der Waals surface area contributed by atoms with Gasteiger partial charge in [-0.25, -0.2) is 9.67 Å². The molecule has 7 nitrogen and oxygen atoms in total. The molecule has 0 spiro atoms. The molecule has 0 radical (unpaired) electrons. The van der Waals surface area contributed by atoms with E-state index in [0.29, 0.717) is 18.6 Å². The second kappa shape index (κ2) is 9.25. The van der Waals surface area contributed by atoms with E-state index in [1.807, 2.05) is 59.3 Å². The minimum Gasteiger partial charge on any atom is -0.490 e. The van der Waals surface area contributed by atoms with Crippen molar-refractivity contribution in [3.8, 4) is 5.75 Å². The molecule has 3 atom stereocenters. The van der Waals surface area contributed by atoms with Gasteiger partial charge in [-0.3, -0.25) is 9.59 Å². The monoisotopic (exact) mass is 456 g/mol. The lowest BCUT2D eigenvalue weighted by Crippen LogP contribution is -2.32. The van der Waals surface area contributed by atoms with Crippen molar-refractivity contribution in [2.45, 2.75) is 38.1 Å². The van der Waals surface area contributed by atoms with Crippen LogP contribution in [0.15, 0.2) is 66.7 Å². The second-order valence-corrected chi connectivity index (χ2v) is 8.97. The molecule has 0 saturated carbocycles. The molecule has 0 unspecified atom stereocenters. The van der Waals surface area contributed by atoms with E-state index in [-0.39, 0.29) is 36.1 Å². The predicted molar refractivity (Wildman–Crippen MR) is 129 cm³/mol. The van der Waals surface area contributed by atoms with Crippen molar-refractivity contribution in [2.75, 3.05) is 18.6 Å². The summed E-state index contributed by atoms with van der Waals surface area (Å²) < 4.78 is 7.75. The zero-order valence-corrected chi connectivity index (χ0v) is 19.4. The summed E-state index contributed by atoms with van der Waals surface area (Å²) in [5.74, 6) is 1.60. The predicted octanol–water partition coefficient (Wildman–Crippen LogP) is 4.57. The second-order valence-electron chi connectivity index (χ2n) is 8.97. The fourth-order valence-corrected chi connectivity index (χ4v) is 4.71. The average Bonchev–Trinajstić information content (AvgIpc) is 3.40. The smallest absolute Gasteiger partial charge is 0.237 e. The zero-order chi connectivity index (χ0) is 23.7. The van der Waals surface area contributed by atoms with Crippen molar-refractivity contribution in [1.82, 2.24) is 14.8 Å². The highest BCUT2D eigenvalue weighted by Crippen LogP contribution is 2.38. The Morgan fingerprint density at radius 1 is 1.15 bits per heavy atom. The van der Waals surface area contributed by atoms with Crippen LogP contribution < -0.4 is 9.64 Å². The van der Waals surface area contributed by atoms with Crippen molar-refractivity contribution in [3.63, 3.8) is 0 Å². The Hall–Kier alpha value is -3.74. The Labute approximate surface area is 199 Å². The number of ketones is 1. The quantitative estimate of drug-likeness (QED) is 0.401. The standard InChI is InChI=1S/C27H28N4O3/c1-18-16-22(19-10-4-3-5-11-19)31-26(18)28-25(29-31)23(32)14-8-6-12-20-17-34-24-15-9-7-13-21(24)30(2)27(20)33/h3-7,9-13,15,18,20,22H,8,14,16-17H2,1-2H3/b12-6+/t18-,20-,22+/m0/s1. The molecule has 1 aromatic heterocycles. The summed E-state index contributed by atoms with van der Waals surface area (Å²) in [6.07, 6.45) is 5.47. The third-order valence-corrected chi connectivity index (χ3v) is 6.60. The molecule has 174 valence electrons. The van der Waals surface area contributed by atoms with Crippen molar-refractivity contribution >= 4 is 17.4 Å². The summed E-state index contributed by atoms with van der Waals surface area (Å²) in [5, 5.41) is 4.58. The zero-order valence-electron chi connectivity index (χ0n) is 19.4. The summed E-state index contributed by atoms with van der Waals surface area (Å²) in [5.41, 5.74) is 1.95. The van der Waals surface area contributed by atoms with Gasteiger partial charge in [-0.05, 0) is 30.5 Å². The van der Waals surface area contributed by atoms with E-state index >= 15 is 0 Å². The largest absolute Gasteiger partial charge is 0.490 e. The van der Waals surface area contributed by atoms with Crippen LogP contribution in [0.3, 0.4) is 0 Å². The van der Waals surface area contributed by atoms with Gasteiger partial charge >= 0.3 is 0 Å². The number of allylic oxidation sites excluding steroid dienone is 1. The van der Waals surface area contributed by atoms with Gasteiger partial charge in [0, 0.05) is 19.4 Å². The molecule has 34 heavy (non-hydrogen) atoms. The van der Waals surface area contributed by atoms with E-state index < -0.39 is 5.92 Å². The van der Waals surface area contributed by atoms with E-state index in [9.17, 15) is 9.59 Å². The molecule has 0 aliphatic carbocycles. The van der Waals surface area contributed by atoms with Crippen molar-refractivity contribution in [2.24, 2.45) is 5.92 Å². The fraction of sp³-hybridized carbons (Fsp3) is 0.333. The van der Waals surface area contributed by atoms with Gasteiger partial charge in [-0.2, -0.15) is 0 Å². The number of benzene rings is 2. The van der Waals surface area contributed by atoms with Crippen LogP contribution in [0.1, 0.15) is 60.2 Å². The molecule has 0 bridgehead atoms. The molecule has 5 rings (SSSR count). The number of Topliss-reactive ketones (excluding diaryl/α,β-unsaturated/α-hetero) is 1. The number of nitrogens with zero attached hydrogens (tertiary/aromatic N) is 4. The molecule has 7 heteroatoms. The lowest BCUT2D eigenvalue weighted by molar-refractivity contribution is -0.121. The number of ether oxygens (including phenoxy) is 1. The highest BCUT2D eigenvalue weighted by Gasteiger charge is 2.33. The van der Waals surface area contributed by atoms with Gasteiger partial charge in [0.1, 0.15) is 18.2 Å². The van der Waals surface area contributed by atoms with Crippen LogP contribution >= 0.6 is 0 Å². The summed E-state index contributed by atoms with van der Waals surface area (Å²) >= 11 is 0. The van der Waals surface area contributed by atoms with Crippen molar-refractivity contribution in [1.29, 1.82) is 0 Å². The molecule has 0 N–H and O–H groups in total. The average molecular weight is 457 g/mol. The van der Waals surface area contributed by atoms with E-state index in [1.54, 1.807) is 11.9 Å². The van der Waals surface area contributed by atoms with Gasteiger partial charge in [0.05, 0.1) is 17.6 Å². The fourth-order valence-electron chi connectivity index (χ4n) is 4.71. The molecular weight excluding hydrogens is 428 g/mol. The Balaban J connectivity index is 1.21. The van der Waals surface area contributed by atoms with E-state index in [4.69, 9.17) is 4.74 Å². The summed E-state index contributed by atoms with van der Waals surface area (Å²) in [6.45, 7) is 2.40. The molecule has 0 fully saturated rings. The Morgan fingerprint density at radius 3 is 2.74 bits per heavy atom. The number of hydrogen-bond acceptors (Lipinski definition) is 5. The number of rotatable bonds is 6. The lowest BCUT2D eigenvalue weighted by atomic mass is 10.0. The molecule has 0 saturated heterocycles. The van der Waals surface area contributed by atoms with Gasteiger partial charge in [-0.15, -0.1) is 5.10 Å². The number of anilines is 1. The topological polar surface area (TPSA) is 77.3 Å². The number of amides is 1. The molecule has 3 heterocycles. The molecular formula is C27H28N4O3. The molecule has 3 aromatic rings. The first-order valence-corrected chi connectivity index (χ1v) is 11.7. The minimum absolute atomic E-state index is 0.0272.